The molecule has 2 unspecified atom stereocenters. The zero-order chi connectivity index (χ0) is 12.7. The fourth-order valence-electron chi connectivity index (χ4n) is 1.85. The summed E-state index contributed by atoms with van der Waals surface area (Å²) in [6.07, 6.45) is 1.13. The molecular weight excluding hydrogens is 272 g/mol. The van der Waals surface area contributed by atoms with Gasteiger partial charge in [0.05, 0.1) is 12.1 Å². The van der Waals surface area contributed by atoms with E-state index in [1.54, 1.807) is 11.8 Å². The highest BCUT2D eigenvalue weighted by molar-refractivity contribution is 7.99. The van der Waals surface area contributed by atoms with E-state index in [0.29, 0.717) is 12.5 Å². The van der Waals surface area contributed by atoms with Gasteiger partial charge in [-0.1, -0.05) is 13.8 Å². The van der Waals surface area contributed by atoms with Gasteiger partial charge in [-0.25, -0.2) is 0 Å². The van der Waals surface area contributed by atoms with Gasteiger partial charge in [-0.15, -0.1) is 24.2 Å². The summed E-state index contributed by atoms with van der Waals surface area (Å²) in [5.41, 5.74) is 0. The van der Waals surface area contributed by atoms with Crippen molar-refractivity contribution >= 4 is 30.1 Å². The zero-order valence-electron chi connectivity index (χ0n) is 11.4. The maximum Gasteiger partial charge on any atom is 0.238 e. The molecule has 0 bridgehead atoms. The quantitative estimate of drug-likeness (QED) is 0.750. The van der Waals surface area contributed by atoms with Crippen LogP contribution in [0.2, 0.25) is 0 Å². The van der Waals surface area contributed by atoms with E-state index in [4.69, 9.17) is 4.74 Å². The average molecular weight is 297 g/mol. The third kappa shape index (κ3) is 6.27. The molecule has 1 saturated heterocycles. The molecule has 0 aromatic heterocycles. The maximum atomic E-state index is 11.7. The van der Waals surface area contributed by atoms with Crippen molar-refractivity contribution < 1.29 is 9.53 Å². The second-order valence-electron chi connectivity index (χ2n) is 4.59. The number of carbonyl (C=O) groups excluding carboxylic acids is 1. The highest BCUT2D eigenvalue weighted by Crippen LogP contribution is 2.11. The first kappa shape index (κ1) is 18.0. The van der Waals surface area contributed by atoms with Crippen LogP contribution < -0.4 is 10.6 Å². The number of hydrogen-bond acceptors (Lipinski definition) is 4. The third-order valence-corrected chi connectivity index (χ3v) is 3.83. The van der Waals surface area contributed by atoms with E-state index in [-0.39, 0.29) is 30.5 Å². The van der Waals surface area contributed by atoms with Gasteiger partial charge in [0.1, 0.15) is 0 Å². The van der Waals surface area contributed by atoms with Gasteiger partial charge in [0.25, 0.3) is 0 Å². The third-order valence-electron chi connectivity index (χ3n) is 2.89. The molecule has 1 aliphatic heterocycles. The van der Waals surface area contributed by atoms with Gasteiger partial charge in [0.15, 0.2) is 0 Å². The predicted molar refractivity (Wildman–Crippen MR) is 79.4 cm³/mol. The molecule has 0 aromatic carbocycles. The molecule has 1 amide bonds. The summed E-state index contributed by atoms with van der Waals surface area (Å²) in [4.78, 5) is 11.7. The molecule has 6 heteroatoms. The Bertz CT molecular complexity index is 236. The van der Waals surface area contributed by atoms with E-state index >= 15 is 0 Å². The summed E-state index contributed by atoms with van der Waals surface area (Å²) in [5, 5.41) is 6.14. The number of thioether (sulfide) groups is 1. The van der Waals surface area contributed by atoms with Gasteiger partial charge < -0.3 is 10.1 Å². The van der Waals surface area contributed by atoms with Gasteiger partial charge in [0.2, 0.25) is 5.91 Å². The number of hydrogen-bond donors (Lipinski definition) is 2. The van der Waals surface area contributed by atoms with Gasteiger partial charge in [-0.2, -0.15) is 0 Å². The molecule has 4 nitrogen and oxygen atoms in total. The Morgan fingerprint density at radius 3 is 2.78 bits per heavy atom. The van der Waals surface area contributed by atoms with Crippen molar-refractivity contribution in [2.45, 2.75) is 39.3 Å². The molecule has 2 N–H and O–H groups in total. The molecule has 1 aliphatic rings. The number of carbonyl (C=O) groups is 1. The largest absolute Gasteiger partial charge is 0.378 e. The zero-order valence-corrected chi connectivity index (χ0v) is 13.0. The molecule has 108 valence electrons. The van der Waals surface area contributed by atoms with Crippen molar-refractivity contribution in [1.29, 1.82) is 0 Å². The molecular formula is C12H25ClN2O2S. The summed E-state index contributed by atoms with van der Waals surface area (Å²) < 4.78 is 5.64. The first-order valence-electron chi connectivity index (χ1n) is 6.35. The second-order valence-corrected chi connectivity index (χ2v) is 5.62. The fourth-order valence-corrected chi connectivity index (χ4v) is 2.79. The van der Waals surface area contributed by atoms with Crippen LogP contribution in [0.3, 0.4) is 0 Å². The van der Waals surface area contributed by atoms with Crippen LogP contribution in [0.15, 0.2) is 0 Å². The predicted octanol–water partition coefficient (Wildman–Crippen LogP) is 1.64. The Labute approximate surface area is 120 Å². The molecule has 0 aliphatic carbocycles. The average Bonchev–Trinajstić information content (AvgIpc) is 2.81. The summed E-state index contributed by atoms with van der Waals surface area (Å²) in [6, 6.07) is -0.00964. The van der Waals surface area contributed by atoms with Crippen LogP contribution in [0.5, 0.6) is 0 Å². The second kappa shape index (κ2) is 9.89. The van der Waals surface area contributed by atoms with Crippen LogP contribution in [0.25, 0.3) is 0 Å². The number of ether oxygens (including phenoxy) is 1. The summed E-state index contributed by atoms with van der Waals surface area (Å²) in [5.74, 6) is 2.37. The monoisotopic (exact) mass is 296 g/mol. The van der Waals surface area contributed by atoms with E-state index in [1.807, 2.05) is 6.92 Å². The lowest BCUT2D eigenvalue weighted by molar-refractivity contribution is -0.122. The molecule has 2 atom stereocenters. The molecule has 0 aromatic rings. The Balaban J connectivity index is 0.00000289. The van der Waals surface area contributed by atoms with Gasteiger partial charge in [-0.3, -0.25) is 10.1 Å². The lowest BCUT2D eigenvalue weighted by Gasteiger charge is -2.21. The molecule has 1 heterocycles. The van der Waals surface area contributed by atoms with Crippen LogP contribution in [-0.4, -0.2) is 42.8 Å². The highest BCUT2D eigenvalue weighted by atomic mass is 35.5. The molecule has 0 radical (unpaired) electrons. The van der Waals surface area contributed by atoms with Crippen molar-refractivity contribution in [3.63, 3.8) is 0 Å². The minimum atomic E-state index is -0.00964. The SMILES string of the molecule is CCOC(CCNC(=O)C1CSCN1)C(C)C.Cl. The number of rotatable bonds is 7. The number of amides is 1. The Hall–Kier alpha value is 0.0300. The van der Waals surface area contributed by atoms with Crippen molar-refractivity contribution in [1.82, 2.24) is 10.6 Å². The van der Waals surface area contributed by atoms with E-state index in [9.17, 15) is 4.79 Å². The van der Waals surface area contributed by atoms with Gasteiger partial charge in [0, 0.05) is 24.8 Å². The van der Waals surface area contributed by atoms with Crippen molar-refractivity contribution in [2.24, 2.45) is 5.92 Å². The minimum absolute atomic E-state index is 0. The van der Waals surface area contributed by atoms with Crippen molar-refractivity contribution in [3.05, 3.63) is 0 Å². The maximum absolute atomic E-state index is 11.7. The minimum Gasteiger partial charge on any atom is -0.378 e. The molecule has 18 heavy (non-hydrogen) atoms. The van der Waals surface area contributed by atoms with Crippen LogP contribution in [0.1, 0.15) is 27.2 Å². The summed E-state index contributed by atoms with van der Waals surface area (Å²) in [6.45, 7) is 7.74. The molecule has 1 rings (SSSR count). The molecule has 0 spiro atoms. The summed E-state index contributed by atoms with van der Waals surface area (Å²) >= 11 is 1.77. The Morgan fingerprint density at radius 1 is 1.56 bits per heavy atom. The Morgan fingerprint density at radius 2 is 2.28 bits per heavy atom. The Kier molecular flexibility index (Phi) is 9.91. The van der Waals surface area contributed by atoms with Crippen LogP contribution in [-0.2, 0) is 9.53 Å². The summed E-state index contributed by atoms with van der Waals surface area (Å²) in [7, 11) is 0. The number of halogens is 1. The van der Waals surface area contributed by atoms with E-state index < -0.39 is 0 Å². The van der Waals surface area contributed by atoms with E-state index in [1.165, 1.54) is 0 Å². The van der Waals surface area contributed by atoms with Crippen molar-refractivity contribution in [3.8, 4) is 0 Å². The van der Waals surface area contributed by atoms with E-state index in [0.717, 1.165) is 24.7 Å². The fraction of sp³-hybridized carbons (Fsp3) is 0.917. The molecule has 0 saturated carbocycles. The van der Waals surface area contributed by atoms with Crippen LogP contribution in [0, 0.1) is 5.92 Å². The highest BCUT2D eigenvalue weighted by Gasteiger charge is 2.22. The first-order chi connectivity index (χ1) is 8.15. The van der Waals surface area contributed by atoms with Crippen molar-refractivity contribution in [2.75, 3.05) is 24.8 Å². The first-order valence-corrected chi connectivity index (χ1v) is 7.51. The molecule has 1 fully saturated rings. The van der Waals surface area contributed by atoms with Gasteiger partial charge in [-0.05, 0) is 19.3 Å². The standard InChI is InChI=1S/C12H24N2O2S.ClH/c1-4-16-11(9(2)3)5-6-13-12(15)10-7-17-8-14-10;/h9-11,14H,4-8H2,1-3H3,(H,13,15);1H. The van der Waals surface area contributed by atoms with Crippen LogP contribution >= 0.6 is 24.2 Å². The lowest BCUT2D eigenvalue weighted by atomic mass is 10.0. The number of nitrogens with one attached hydrogen (secondary N) is 2. The normalized spacial score (nSPS) is 20.6. The van der Waals surface area contributed by atoms with Crippen LogP contribution in [0.4, 0.5) is 0 Å². The smallest absolute Gasteiger partial charge is 0.238 e. The van der Waals surface area contributed by atoms with E-state index in [2.05, 4.69) is 24.5 Å². The van der Waals surface area contributed by atoms with Gasteiger partial charge >= 0.3 is 0 Å². The lowest BCUT2D eigenvalue weighted by Crippen LogP contribution is -2.43. The topological polar surface area (TPSA) is 50.4 Å².